The van der Waals surface area contributed by atoms with Crippen LogP contribution < -0.4 is 0 Å². The average molecular weight is 248 g/mol. The molecule has 4 nitrogen and oxygen atoms in total. The van der Waals surface area contributed by atoms with E-state index in [4.69, 9.17) is 4.74 Å². The van der Waals surface area contributed by atoms with E-state index in [0.717, 1.165) is 18.0 Å². The Labute approximate surface area is 107 Å². The molecule has 98 valence electrons. The van der Waals surface area contributed by atoms with Gasteiger partial charge < -0.3 is 4.74 Å². The molecule has 0 bridgehead atoms. The number of aryl methyl sites for hydroxylation is 1. The lowest BCUT2D eigenvalue weighted by Gasteiger charge is -2.10. The fourth-order valence-corrected chi connectivity index (χ4v) is 3.63. The van der Waals surface area contributed by atoms with Gasteiger partial charge in [-0.2, -0.15) is 5.10 Å². The fourth-order valence-electron chi connectivity index (χ4n) is 3.63. The van der Waals surface area contributed by atoms with E-state index in [1.54, 1.807) is 0 Å². The van der Waals surface area contributed by atoms with Gasteiger partial charge in [0.15, 0.2) is 0 Å². The number of carbonyl (C=O) groups is 1. The van der Waals surface area contributed by atoms with E-state index in [9.17, 15) is 4.79 Å². The Bertz CT molecular complexity index is 516. The van der Waals surface area contributed by atoms with E-state index < -0.39 is 0 Å². The molecule has 0 aliphatic heterocycles. The van der Waals surface area contributed by atoms with Gasteiger partial charge in [-0.25, -0.2) is 0 Å². The summed E-state index contributed by atoms with van der Waals surface area (Å²) in [7, 11) is 0. The van der Waals surface area contributed by atoms with Crippen molar-refractivity contribution in [3.63, 3.8) is 0 Å². The number of fused-ring (bicyclic) bond motifs is 3. The molecule has 2 aliphatic carbocycles. The number of rotatable bonds is 3. The molecular formula is C14H20N2O2. The number of nitrogens with zero attached hydrogens (tertiary/aromatic N) is 2. The first-order valence-corrected chi connectivity index (χ1v) is 6.62. The number of carbonyl (C=O) groups excluding carboxylic acids is 1. The lowest BCUT2D eigenvalue weighted by atomic mass is 9.98. The molecule has 1 aromatic rings. The predicted octanol–water partition coefficient (Wildman–Crippen LogP) is 2.05. The third-order valence-corrected chi connectivity index (χ3v) is 4.67. The Balaban J connectivity index is 1.78. The average Bonchev–Trinajstić information content (AvgIpc) is 2.66. The van der Waals surface area contributed by atoms with Crippen LogP contribution in [-0.4, -0.2) is 22.4 Å². The van der Waals surface area contributed by atoms with Crippen LogP contribution in [0.4, 0.5) is 0 Å². The highest BCUT2D eigenvalue weighted by Crippen LogP contribution is 2.70. The maximum atomic E-state index is 10.8. The van der Waals surface area contributed by atoms with Crippen LogP contribution in [0.15, 0.2) is 0 Å². The van der Waals surface area contributed by atoms with E-state index in [1.807, 2.05) is 4.68 Å². The normalized spacial score (nSPS) is 26.7. The van der Waals surface area contributed by atoms with Crippen LogP contribution in [0.1, 0.15) is 43.6 Å². The molecule has 0 radical (unpaired) electrons. The highest BCUT2D eigenvalue weighted by atomic mass is 16.5. The zero-order valence-corrected chi connectivity index (χ0v) is 11.5. The second-order valence-electron chi connectivity index (χ2n) is 6.12. The van der Waals surface area contributed by atoms with Crippen LogP contribution in [0.2, 0.25) is 0 Å². The van der Waals surface area contributed by atoms with Gasteiger partial charge in [-0.1, -0.05) is 13.8 Å². The number of hydrogen-bond donors (Lipinski definition) is 0. The van der Waals surface area contributed by atoms with Gasteiger partial charge in [0, 0.05) is 18.2 Å². The molecule has 0 N–H and O–H groups in total. The van der Waals surface area contributed by atoms with E-state index in [-0.39, 0.29) is 5.97 Å². The largest absolute Gasteiger partial charge is 0.464 e. The highest BCUT2D eigenvalue weighted by molar-refractivity contribution is 5.65. The zero-order chi connectivity index (χ0) is 13.1. The molecule has 0 saturated heterocycles. The monoisotopic (exact) mass is 248 g/mol. The molecule has 2 atom stereocenters. The van der Waals surface area contributed by atoms with E-state index in [0.29, 0.717) is 24.5 Å². The smallest absolute Gasteiger partial charge is 0.302 e. The van der Waals surface area contributed by atoms with Crippen molar-refractivity contribution in [2.24, 2.45) is 11.3 Å². The number of ether oxygens (including phenoxy) is 1. The molecule has 0 unspecified atom stereocenters. The van der Waals surface area contributed by atoms with Crippen molar-refractivity contribution in [3.8, 4) is 0 Å². The summed E-state index contributed by atoms with van der Waals surface area (Å²) >= 11 is 0. The lowest BCUT2D eigenvalue weighted by Crippen LogP contribution is -2.13. The molecule has 0 aromatic carbocycles. The van der Waals surface area contributed by atoms with Crippen molar-refractivity contribution in [3.05, 3.63) is 17.0 Å². The summed E-state index contributed by atoms with van der Waals surface area (Å²) < 4.78 is 7.03. The first-order valence-electron chi connectivity index (χ1n) is 6.62. The van der Waals surface area contributed by atoms with Gasteiger partial charge >= 0.3 is 5.97 Å². The first-order chi connectivity index (χ1) is 8.43. The molecule has 2 aliphatic rings. The van der Waals surface area contributed by atoms with Crippen LogP contribution in [0.3, 0.4) is 0 Å². The van der Waals surface area contributed by atoms with Crippen LogP contribution in [0.5, 0.6) is 0 Å². The molecule has 0 spiro atoms. The Morgan fingerprint density at radius 1 is 1.56 bits per heavy atom. The maximum Gasteiger partial charge on any atom is 0.302 e. The van der Waals surface area contributed by atoms with Crippen molar-refractivity contribution in [1.82, 2.24) is 9.78 Å². The summed E-state index contributed by atoms with van der Waals surface area (Å²) in [4.78, 5) is 10.8. The number of hydrogen-bond acceptors (Lipinski definition) is 3. The summed E-state index contributed by atoms with van der Waals surface area (Å²) in [5, 5.41) is 4.60. The molecule has 1 fully saturated rings. The van der Waals surface area contributed by atoms with Crippen LogP contribution >= 0.6 is 0 Å². The van der Waals surface area contributed by atoms with Crippen LogP contribution in [0, 0.1) is 18.3 Å². The summed E-state index contributed by atoms with van der Waals surface area (Å²) in [6.07, 6.45) is 1.13. The Morgan fingerprint density at radius 3 is 2.94 bits per heavy atom. The minimum atomic E-state index is -0.223. The third kappa shape index (κ3) is 1.51. The van der Waals surface area contributed by atoms with Gasteiger partial charge in [0.1, 0.15) is 6.61 Å². The van der Waals surface area contributed by atoms with Gasteiger partial charge in [-0.15, -0.1) is 0 Å². The van der Waals surface area contributed by atoms with Gasteiger partial charge in [0.2, 0.25) is 0 Å². The van der Waals surface area contributed by atoms with Crippen LogP contribution in [-0.2, 0) is 22.5 Å². The Hall–Kier alpha value is -1.32. The molecular weight excluding hydrogens is 228 g/mol. The predicted molar refractivity (Wildman–Crippen MR) is 67.3 cm³/mol. The standard InChI is InChI=1S/C14H20N2O2/c1-8-12-11(7-10-13(12)14(10,3)4)16(15-8)5-6-18-9(2)17/h10,13H,5-7H2,1-4H3/t10-,13-/m1/s1. The first kappa shape index (κ1) is 11.8. The number of aromatic nitrogens is 2. The number of esters is 1. The SMILES string of the molecule is CC(=O)OCCn1nc(C)c2c1C[C@@H]1[C@H]2C1(C)C. The van der Waals surface area contributed by atoms with E-state index in [1.165, 1.54) is 18.2 Å². The highest BCUT2D eigenvalue weighted by Gasteiger charge is 2.63. The quantitative estimate of drug-likeness (QED) is 0.769. The van der Waals surface area contributed by atoms with Gasteiger partial charge in [-0.05, 0) is 30.6 Å². The fraction of sp³-hybridized carbons (Fsp3) is 0.714. The molecule has 1 aromatic heterocycles. The second kappa shape index (κ2) is 3.59. The lowest BCUT2D eigenvalue weighted by molar-refractivity contribution is -0.141. The molecule has 1 heterocycles. The van der Waals surface area contributed by atoms with E-state index >= 15 is 0 Å². The Kier molecular flexibility index (Phi) is 2.34. The minimum Gasteiger partial charge on any atom is -0.464 e. The van der Waals surface area contributed by atoms with E-state index in [2.05, 4.69) is 25.9 Å². The van der Waals surface area contributed by atoms with Crippen molar-refractivity contribution >= 4 is 5.97 Å². The van der Waals surface area contributed by atoms with Gasteiger partial charge in [-0.3, -0.25) is 9.48 Å². The summed E-state index contributed by atoms with van der Waals surface area (Å²) in [6.45, 7) is 9.33. The van der Waals surface area contributed by atoms with Gasteiger partial charge in [0.25, 0.3) is 0 Å². The van der Waals surface area contributed by atoms with Crippen molar-refractivity contribution in [1.29, 1.82) is 0 Å². The van der Waals surface area contributed by atoms with Crippen molar-refractivity contribution in [2.75, 3.05) is 6.61 Å². The molecule has 3 rings (SSSR count). The molecule has 18 heavy (non-hydrogen) atoms. The van der Waals surface area contributed by atoms with Crippen molar-refractivity contribution in [2.45, 2.75) is 46.6 Å². The minimum absolute atomic E-state index is 0.223. The second-order valence-corrected chi connectivity index (χ2v) is 6.12. The van der Waals surface area contributed by atoms with Crippen LogP contribution in [0.25, 0.3) is 0 Å². The molecule has 1 saturated carbocycles. The molecule has 0 amide bonds. The topological polar surface area (TPSA) is 44.1 Å². The van der Waals surface area contributed by atoms with Crippen molar-refractivity contribution < 1.29 is 9.53 Å². The zero-order valence-electron chi connectivity index (χ0n) is 11.5. The summed E-state index contributed by atoms with van der Waals surface area (Å²) in [5.41, 5.74) is 4.45. The summed E-state index contributed by atoms with van der Waals surface area (Å²) in [6, 6.07) is 0. The summed E-state index contributed by atoms with van der Waals surface area (Å²) in [5.74, 6) is 1.28. The van der Waals surface area contributed by atoms with Gasteiger partial charge in [0.05, 0.1) is 12.2 Å². The maximum absolute atomic E-state index is 10.8. The third-order valence-electron chi connectivity index (χ3n) is 4.67. The molecule has 4 heteroatoms. The Morgan fingerprint density at radius 2 is 2.28 bits per heavy atom.